The highest BCUT2D eigenvalue weighted by molar-refractivity contribution is 7.92. The molecule has 3 aliphatic rings. The maximum Gasteiger partial charge on any atom is 0.261 e. The average Bonchev–Trinajstić information content (AvgIpc) is 3.17. The lowest BCUT2D eigenvalue weighted by Gasteiger charge is -2.53. The van der Waals surface area contributed by atoms with Crippen LogP contribution in [0.1, 0.15) is 28.8 Å². The van der Waals surface area contributed by atoms with E-state index in [-0.39, 0.29) is 32.5 Å². The van der Waals surface area contributed by atoms with Crippen molar-refractivity contribution in [2.24, 2.45) is 17.6 Å². The Kier molecular flexibility index (Phi) is 10.2. The summed E-state index contributed by atoms with van der Waals surface area (Å²) in [7, 11) is 2.79. The molecule has 0 unspecified atom stereocenters. The summed E-state index contributed by atoms with van der Waals surface area (Å²) in [6.07, 6.45) is -1.72. The summed E-state index contributed by atoms with van der Waals surface area (Å²) in [5.41, 5.74) is 2.46. The van der Waals surface area contributed by atoms with Gasteiger partial charge in [-0.15, -0.1) is 0 Å². The lowest BCUT2D eigenvalue weighted by atomic mass is 9.55. The van der Waals surface area contributed by atoms with Crippen molar-refractivity contribution in [2.75, 3.05) is 48.4 Å². The van der Waals surface area contributed by atoms with Crippen molar-refractivity contribution < 1.29 is 48.3 Å². The number of nitrogens with one attached hydrogen (secondary N) is 3. The molecule has 59 heavy (non-hydrogen) atoms. The molecule has 10 N–H and O–H groups in total. The van der Waals surface area contributed by atoms with Crippen LogP contribution in [-0.4, -0.2) is 107 Å². The van der Waals surface area contributed by atoms with Crippen LogP contribution in [0.4, 0.5) is 22.7 Å². The van der Waals surface area contributed by atoms with Crippen LogP contribution in [0.2, 0.25) is 0 Å². The van der Waals surface area contributed by atoms with Crippen LogP contribution in [0.15, 0.2) is 100 Å². The van der Waals surface area contributed by atoms with E-state index in [2.05, 4.69) is 15.4 Å². The number of hydrogen-bond acceptors (Lipinski definition) is 13. The molecule has 0 heterocycles. The fourth-order valence-corrected chi connectivity index (χ4v) is 9.97. The van der Waals surface area contributed by atoms with Gasteiger partial charge in [-0.3, -0.25) is 24.0 Å². The van der Waals surface area contributed by atoms with Crippen LogP contribution in [-0.2, 0) is 19.6 Å². The van der Waals surface area contributed by atoms with Gasteiger partial charge in [0.15, 0.2) is 22.2 Å². The van der Waals surface area contributed by atoms with E-state index in [4.69, 9.17) is 18.0 Å². The molecule has 16 nitrogen and oxygen atoms in total. The molecule has 3 aliphatic carbocycles. The third-order valence-corrected chi connectivity index (χ3v) is 13.0. The number of ketones is 2. The zero-order valence-corrected chi connectivity index (χ0v) is 34.0. The van der Waals surface area contributed by atoms with E-state index >= 15 is 0 Å². The number of carbonyl (C=O) groups is 3. The summed E-state index contributed by atoms with van der Waals surface area (Å²) >= 11 is 5.47. The average molecular weight is 843 g/mol. The molecular formula is C41H42N6O10S2. The highest BCUT2D eigenvalue weighted by atomic mass is 32.2. The maximum absolute atomic E-state index is 14.2. The Morgan fingerprint density at radius 1 is 0.915 bits per heavy atom. The number of thiocarbonyl (C=S) groups is 1. The summed E-state index contributed by atoms with van der Waals surface area (Å²) in [5, 5.41) is 65.3. The van der Waals surface area contributed by atoms with Crippen molar-refractivity contribution in [1.82, 2.24) is 4.90 Å². The number of benzene rings is 4. The topological polar surface area (TPSA) is 255 Å². The minimum atomic E-state index is -3.95. The van der Waals surface area contributed by atoms with E-state index in [1.54, 1.807) is 37.3 Å². The largest absolute Gasteiger partial charge is 0.510 e. The highest BCUT2D eigenvalue weighted by Crippen LogP contribution is 2.56. The Hall–Kier alpha value is -6.05. The standard InChI is InChI=1S/C41H42N6O10S2/c1-18-23-15-16-25(33(48)28(23)34(49)29-27(18)35(50)31-32(47(4)5)36(51)30(39(42)54)38(53)41(31,55)37(29)52)44-40(58)43-20-9-11-21(12-10-20)45-59(56,57)22-13-14-24-19(17-22)7-6-8-26(24)46(2)3/h6-18,27,31-32,35,45,48,50-52,55H,1-5H3,(H2,42,54)(H2,43,44,58)/t18-,27+,31+,32-,35-,41-/m0/s1. The van der Waals surface area contributed by atoms with Crippen LogP contribution in [0.5, 0.6) is 5.75 Å². The molecule has 1 amide bonds. The van der Waals surface area contributed by atoms with Gasteiger partial charge in [0.2, 0.25) is 5.78 Å². The number of hydrogen-bond donors (Lipinski definition) is 9. The summed E-state index contributed by atoms with van der Waals surface area (Å²) in [4.78, 5) is 43.6. The number of carbonyl (C=O) groups excluding carboxylic acids is 3. The van der Waals surface area contributed by atoms with Gasteiger partial charge in [-0.2, -0.15) is 0 Å². The molecule has 18 heteroatoms. The summed E-state index contributed by atoms with van der Waals surface area (Å²) in [5.74, 6) is -10.0. The predicted molar refractivity (Wildman–Crippen MR) is 225 cm³/mol. The first kappa shape index (κ1) is 41.1. The van der Waals surface area contributed by atoms with Crippen LogP contribution in [0, 0.1) is 11.8 Å². The number of amides is 1. The molecule has 0 fully saturated rings. The van der Waals surface area contributed by atoms with Crippen molar-refractivity contribution >= 4 is 78.3 Å². The first-order valence-electron chi connectivity index (χ1n) is 18.3. The number of aliphatic hydroxyl groups is 4. The molecular weight excluding hydrogens is 801 g/mol. The number of rotatable bonds is 8. The number of likely N-dealkylation sites (N-methyl/N-ethyl adjacent to an activating group) is 1. The molecule has 0 saturated carbocycles. The molecule has 0 saturated heterocycles. The van der Waals surface area contributed by atoms with E-state index in [0.29, 0.717) is 5.69 Å². The van der Waals surface area contributed by atoms with Crippen LogP contribution < -0.4 is 26.0 Å². The van der Waals surface area contributed by atoms with Crippen LogP contribution in [0.3, 0.4) is 0 Å². The van der Waals surface area contributed by atoms with Gasteiger partial charge in [-0.05, 0) is 91.7 Å². The number of nitrogens with zero attached hydrogens (tertiary/aromatic N) is 2. The third kappa shape index (κ3) is 6.52. The molecule has 4 aromatic carbocycles. The first-order chi connectivity index (χ1) is 27.7. The van der Waals surface area contributed by atoms with Crippen LogP contribution in [0.25, 0.3) is 10.8 Å². The molecule has 0 bridgehead atoms. The molecule has 0 aliphatic heterocycles. The van der Waals surface area contributed by atoms with Gasteiger partial charge in [0, 0.05) is 48.0 Å². The van der Waals surface area contributed by atoms with Gasteiger partial charge in [0.05, 0.1) is 34.2 Å². The fraction of sp³-hybridized carbons (Fsp3) is 0.268. The first-order valence-corrected chi connectivity index (χ1v) is 20.2. The Balaban J connectivity index is 1.11. The molecule has 308 valence electrons. The third-order valence-electron chi connectivity index (χ3n) is 11.4. The van der Waals surface area contributed by atoms with Gasteiger partial charge < -0.3 is 46.8 Å². The van der Waals surface area contributed by atoms with E-state index in [9.17, 15) is 48.3 Å². The Morgan fingerprint density at radius 3 is 2.20 bits per heavy atom. The zero-order chi connectivity index (χ0) is 43.0. The van der Waals surface area contributed by atoms with E-state index < -0.39 is 91.4 Å². The number of phenols is 1. The number of aliphatic hydroxyl groups excluding tert-OH is 3. The van der Waals surface area contributed by atoms with Gasteiger partial charge in [-0.25, -0.2) is 8.42 Å². The number of anilines is 4. The molecule has 0 spiro atoms. The number of primary amides is 1. The second-order valence-corrected chi connectivity index (χ2v) is 17.4. The SMILES string of the molecule is C[C@H]1c2ccc(NC(=S)Nc3ccc(NS(=O)(=O)c4ccc5c(N(C)C)cccc5c4)cc3)c(O)c2C(=O)C2=C(O)[C@]3(O)C(=O)C(C(N)=O)=C(O)[C@@H](N(C)C)[C@@H]3[C@@H](O)[C@@H]21. The molecule has 4 aromatic rings. The quantitative estimate of drug-likeness (QED) is 0.0700. The van der Waals surface area contributed by atoms with Gasteiger partial charge >= 0.3 is 0 Å². The number of phenolic OH excluding ortho intramolecular Hbond substituents is 1. The number of nitrogens with two attached hydrogens (primary N) is 1. The lowest BCUT2D eigenvalue weighted by Crippen LogP contribution is -2.68. The fourth-order valence-electron chi connectivity index (χ4n) is 8.65. The summed E-state index contributed by atoms with van der Waals surface area (Å²) in [6, 6.07) is 18.4. The van der Waals surface area contributed by atoms with Gasteiger partial charge in [-0.1, -0.05) is 31.2 Å². The molecule has 0 radical (unpaired) electrons. The predicted octanol–water partition coefficient (Wildman–Crippen LogP) is 3.48. The smallest absolute Gasteiger partial charge is 0.261 e. The zero-order valence-electron chi connectivity index (χ0n) is 32.4. The number of aromatic hydroxyl groups is 1. The lowest BCUT2D eigenvalue weighted by molar-refractivity contribution is -0.162. The Morgan fingerprint density at radius 2 is 1.58 bits per heavy atom. The van der Waals surface area contributed by atoms with Crippen molar-refractivity contribution in [1.29, 1.82) is 0 Å². The molecule has 0 aromatic heterocycles. The van der Waals surface area contributed by atoms with Crippen molar-refractivity contribution in [3.63, 3.8) is 0 Å². The van der Waals surface area contributed by atoms with Crippen molar-refractivity contribution in [2.45, 2.75) is 35.5 Å². The maximum atomic E-state index is 14.2. The molecule has 7 rings (SSSR count). The number of Topliss-reactive ketones (excluding diaryl/α,β-unsaturated/α-hetero) is 2. The Bertz CT molecular complexity index is 2660. The second kappa shape index (κ2) is 14.6. The minimum absolute atomic E-state index is 0.0311. The van der Waals surface area contributed by atoms with E-state index in [1.807, 2.05) is 37.2 Å². The molecule has 6 atom stereocenters. The Labute approximate surface area is 344 Å². The highest BCUT2D eigenvalue weighted by Gasteiger charge is 2.67. The van der Waals surface area contributed by atoms with E-state index in [0.717, 1.165) is 16.5 Å². The van der Waals surface area contributed by atoms with Gasteiger partial charge in [0.1, 0.15) is 17.1 Å². The summed E-state index contributed by atoms with van der Waals surface area (Å²) in [6.45, 7) is 1.63. The monoisotopic (exact) mass is 842 g/mol. The normalized spacial score (nSPS) is 24.0. The van der Waals surface area contributed by atoms with E-state index in [1.165, 1.54) is 43.3 Å². The second-order valence-electron chi connectivity index (χ2n) is 15.3. The van der Waals surface area contributed by atoms with Crippen molar-refractivity contribution in [3.8, 4) is 5.75 Å². The number of sulfonamides is 1. The number of fused-ring (bicyclic) bond motifs is 4. The summed E-state index contributed by atoms with van der Waals surface area (Å²) < 4.78 is 29.2. The van der Waals surface area contributed by atoms with Crippen LogP contribution >= 0.6 is 12.2 Å². The van der Waals surface area contributed by atoms with Gasteiger partial charge in [0.25, 0.3) is 15.9 Å². The minimum Gasteiger partial charge on any atom is -0.510 e. The van der Waals surface area contributed by atoms with Crippen molar-refractivity contribution in [3.05, 3.63) is 107 Å².